The normalized spacial score (nSPS) is 10.5. The molecule has 15 heavy (non-hydrogen) atoms. The molecule has 2 N–H and O–H groups in total. The van der Waals surface area contributed by atoms with Crippen LogP contribution in [-0.4, -0.2) is 14.8 Å². The van der Waals surface area contributed by atoms with Gasteiger partial charge in [-0.3, -0.25) is 0 Å². The van der Waals surface area contributed by atoms with Crippen molar-refractivity contribution >= 4 is 21.9 Å². The second kappa shape index (κ2) is 3.98. The second-order valence-corrected chi connectivity index (χ2v) is 3.74. The van der Waals surface area contributed by atoms with Crippen molar-refractivity contribution in [2.75, 3.05) is 5.73 Å². The molecule has 0 aliphatic rings. The molecule has 1 heterocycles. The lowest BCUT2D eigenvalue weighted by Gasteiger charge is -2.01. The number of benzene rings is 1. The average Bonchev–Trinajstić information content (AvgIpc) is 2.45. The number of rotatable bonds is 2. The minimum absolute atomic E-state index is 0.193. The monoisotopic (exact) mass is 270 g/mol. The van der Waals surface area contributed by atoms with Gasteiger partial charge in [0.25, 0.3) is 0 Å². The van der Waals surface area contributed by atoms with Crippen molar-refractivity contribution < 1.29 is 4.39 Å². The van der Waals surface area contributed by atoms with E-state index in [2.05, 4.69) is 26.0 Å². The SMILES string of the molecule is Nc1nc(Br)n(Cc2cccc(F)c2)n1. The van der Waals surface area contributed by atoms with Gasteiger partial charge in [-0.1, -0.05) is 12.1 Å². The van der Waals surface area contributed by atoms with Crippen molar-refractivity contribution in [3.05, 3.63) is 40.4 Å². The molecule has 0 saturated carbocycles. The molecule has 0 amide bonds. The Kier molecular flexibility index (Phi) is 2.68. The number of aromatic nitrogens is 3. The first-order chi connectivity index (χ1) is 7.15. The van der Waals surface area contributed by atoms with Crippen molar-refractivity contribution in [2.24, 2.45) is 0 Å². The Balaban J connectivity index is 2.25. The maximum Gasteiger partial charge on any atom is 0.240 e. The summed E-state index contributed by atoms with van der Waals surface area (Å²) in [7, 11) is 0. The lowest BCUT2D eigenvalue weighted by Crippen LogP contribution is -2.02. The third-order valence-electron chi connectivity index (χ3n) is 1.86. The van der Waals surface area contributed by atoms with E-state index in [4.69, 9.17) is 5.73 Å². The van der Waals surface area contributed by atoms with Crippen molar-refractivity contribution in [2.45, 2.75) is 6.54 Å². The molecule has 4 nitrogen and oxygen atoms in total. The van der Waals surface area contributed by atoms with E-state index < -0.39 is 0 Å². The summed E-state index contributed by atoms with van der Waals surface area (Å²) >= 11 is 3.21. The first-order valence-corrected chi connectivity index (χ1v) is 5.05. The predicted molar refractivity (Wildman–Crippen MR) is 57.6 cm³/mol. The largest absolute Gasteiger partial charge is 0.366 e. The van der Waals surface area contributed by atoms with Crippen LogP contribution in [0.3, 0.4) is 0 Å². The summed E-state index contributed by atoms with van der Waals surface area (Å²) in [6.45, 7) is 0.433. The van der Waals surface area contributed by atoms with Crippen LogP contribution in [0.15, 0.2) is 29.0 Å². The van der Waals surface area contributed by atoms with Gasteiger partial charge >= 0.3 is 0 Å². The zero-order valence-electron chi connectivity index (χ0n) is 7.69. The Morgan fingerprint density at radius 3 is 2.87 bits per heavy atom. The minimum atomic E-state index is -0.267. The summed E-state index contributed by atoms with van der Waals surface area (Å²) in [6.07, 6.45) is 0. The van der Waals surface area contributed by atoms with Crippen LogP contribution in [0.2, 0.25) is 0 Å². The molecule has 0 fully saturated rings. The third kappa shape index (κ3) is 2.33. The topological polar surface area (TPSA) is 56.7 Å². The Bertz CT molecular complexity index is 483. The molecule has 1 aromatic heterocycles. The molecule has 78 valence electrons. The number of hydrogen-bond donors (Lipinski definition) is 1. The molecule has 0 aliphatic heterocycles. The first-order valence-electron chi connectivity index (χ1n) is 4.25. The molecule has 0 aliphatic carbocycles. The molecule has 0 atom stereocenters. The molecular formula is C9H8BrFN4. The van der Waals surface area contributed by atoms with Crippen LogP contribution in [-0.2, 0) is 6.54 Å². The van der Waals surface area contributed by atoms with Crippen LogP contribution in [0.5, 0.6) is 0 Å². The highest BCUT2D eigenvalue weighted by Crippen LogP contribution is 2.11. The van der Waals surface area contributed by atoms with E-state index in [1.54, 1.807) is 10.7 Å². The van der Waals surface area contributed by atoms with Gasteiger partial charge in [0.15, 0.2) is 4.73 Å². The highest BCUT2D eigenvalue weighted by molar-refractivity contribution is 9.10. The van der Waals surface area contributed by atoms with E-state index in [1.165, 1.54) is 12.1 Å². The van der Waals surface area contributed by atoms with Gasteiger partial charge in [-0.15, -0.1) is 5.10 Å². The fraction of sp³-hybridized carbons (Fsp3) is 0.111. The lowest BCUT2D eigenvalue weighted by atomic mass is 10.2. The lowest BCUT2D eigenvalue weighted by molar-refractivity contribution is 0.617. The third-order valence-corrected chi connectivity index (χ3v) is 2.45. The number of hydrogen-bond acceptors (Lipinski definition) is 3. The number of halogens is 2. The molecular weight excluding hydrogens is 263 g/mol. The van der Waals surface area contributed by atoms with Crippen molar-refractivity contribution in [1.82, 2.24) is 14.8 Å². The quantitative estimate of drug-likeness (QED) is 0.906. The standard InChI is InChI=1S/C9H8BrFN4/c10-8-13-9(12)14-15(8)5-6-2-1-3-7(11)4-6/h1-4H,5H2,(H2,12,14). The van der Waals surface area contributed by atoms with Gasteiger partial charge in [0.05, 0.1) is 6.54 Å². The minimum Gasteiger partial charge on any atom is -0.366 e. The summed E-state index contributed by atoms with van der Waals surface area (Å²) in [4.78, 5) is 3.88. The predicted octanol–water partition coefficient (Wildman–Crippen LogP) is 1.81. The number of nitrogen functional groups attached to an aromatic ring is 1. The van der Waals surface area contributed by atoms with E-state index in [0.717, 1.165) is 5.56 Å². The molecule has 0 unspecified atom stereocenters. The van der Waals surface area contributed by atoms with Crippen molar-refractivity contribution in [3.8, 4) is 0 Å². The first kappa shape index (κ1) is 10.1. The second-order valence-electron chi connectivity index (χ2n) is 3.03. The van der Waals surface area contributed by atoms with Gasteiger partial charge in [-0.25, -0.2) is 9.07 Å². The smallest absolute Gasteiger partial charge is 0.240 e. The summed E-state index contributed by atoms with van der Waals surface area (Å²) in [5.41, 5.74) is 6.22. The molecule has 2 aromatic rings. The zero-order chi connectivity index (χ0) is 10.8. The molecule has 0 spiro atoms. The van der Waals surface area contributed by atoms with Gasteiger partial charge in [0.1, 0.15) is 5.82 Å². The summed E-state index contributed by atoms with van der Waals surface area (Å²) in [6, 6.07) is 6.31. The van der Waals surface area contributed by atoms with E-state index in [0.29, 0.717) is 11.3 Å². The Hall–Kier alpha value is -1.43. The highest BCUT2D eigenvalue weighted by Gasteiger charge is 2.05. The van der Waals surface area contributed by atoms with Gasteiger partial charge in [-0.05, 0) is 33.6 Å². The van der Waals surface area contributed by atoms with Crippen molar-refractivity contribution in [1.29, 1.82) is 0 Å². The van der Waals surface area contributed by atoms with Gasteiger partial charge < -0.3 is 5.73 Å². The van der Waals surface area contributed by atoms with Gasteiger partial charge in [-0.2, -0.15) is 4.98 Å². The fourth-order valence-electron chi connectivity index (χ4n) is 1.25. The van der Waals surface area contributed by atoms with Gasteiger partial charge in [0, 0.05) is 0 Å². The van der Waals surface area contributed by atoms with Crippen LogP contribution >= 0.6 is 15.9 Å². The zero-order valence-corrected chi connectivity index (χ0v) is 9.28. The summed E-state index contributed by atoms with van der Waals surface area (Å²) < 4.78 is 15.0. The van der Waals surface area contributed by atoms with E-state index in [1.807, 2.05) is 6.07 Å². The Morgan fingerprint density at radius 1 is 1.47 bits per heavy atom. The highest BCUT2D eigenvalue weighted by atomic mass is 79.9. The molecule has 0 bridgehead atoms. The van der Waals surface area contributed by atoms with Gasteiger partial charge in [0.2, 0.25) is 5.95 Å². The van der Waals surface area contributed by atoms with E-state index in [-0.39, 0.29) is 11.8 Å². The van der Waals surface area contributed by atoms with E-state index >= 15 is 0 Å². The van der Waals surface area contributed by atoms with Crippen molar-refractivity contribution in [3.63, 3.8) is 0 Å². The van der Waals surface area contributed by atoms with Crippen LogP contribution in [0.25, 0.3) is 0 Å². The van der Waals surface area contributed by atoms with Crippen LogP contribution in [0.4, 0.5) is 10.3 Å². The molecule has 6 heteroatoms. The molecule has 2 rings (SSSR count). The average molecular weight is 271 g/mol. The summed E-state index contributed by atoms with van der Waals surface area (Å²) in [5, 5.41) is 3.95. The molecule has 0 saturated heterocycles. The maximum absolute atomic E-state index is 12.9. The maximum atomic E-state index is 12.9. The Labute approximate surface area is 94.1 Å². The van der Waals surface area contributed by atoms with Crippen LogP contribution in [0.1, 0.15) is 5.56 Å². The fourth-order valence-corrected chi connectivity index (χ4v) is 1.63. The van der Waals surface area contributed by atoms with Crippen LogP contribution < -0.4 is 5.73 Å². The number of nitrogens with two attached hydrogens (primary N) is 1. The molecule has 1 aromatic carbocycles. The Morgan fingerprint density at radius 2 is 2.27 bits per heavy atom. The number of nitrogens with zero attached hydrogens (tertiary/aromatic N) is 3. The molecule has 0 radical (unpaired) electrons. The summed E-state index contributed by atoms with van der Waals surface area (Å²) in [5.74, 6) is -0.0741. The van der Waals surface area contributed by atoms with Crippen LogP contribution in [0, 0.1) is 5.82 Å². The van der Waals surface area contributed by atoms with E-state index in [9.17, 15) is 4.39 Å². The number of anilines is 1.